The first-order chi connectivity index (χ1) is 7.16. The molecule has 0 aliphatic carbocycles. The molecule has 0 saturated heterocycles. The van der Waals surface area contributed by atoms with Crippen molar-refractivity contribution >= 4 is 5.91 Å². The van der Waals surface area contributed by atoms with E-state index in [0.29, 0.717) is 11.5 Å². The van der Waals surface area contributed by atoms with E-state index in [1.54, 1.807) is 12.3 Å². The summed E-state index contributed by atoms with van der Waals surface area (Å²) in [6.07, 6.45) is 1.69. The zero-order chi connectivity index (χ0) is 10.8. The summed E-state index contributed by atoms with van der Waals surface area (Å²) in [4.78, 5) is 17.8. The smallest absolute Gasteiger partial charge is 0.269 e. The van der Waals surface area contributed by atoms with Crippen molar-refractivity contribution in [2.24, 2.45) is 5.73 Å². The minimum atomic E-state index is -0.593. The molecular weight excluding hydrogens is 194 g/mol. The zero-order valence-electron chi connectivity index (χ0n) is 8.06. The van der Waals surface area contributed by atoms with Gasteiger partial charge in [0.15, 0.2) is 11.5 Å². The maximum atomic E-state index is 10.7. The number of nitrogens with one attached hydrogen (secondary N) is 1. The number of amides is 1. The lowest BCUT2D eigenvalue weighted by Gasteiger charge is -1.95. The summed E-state index contributed by atoms with van der Waals surface area (Å²) in [6, 6.07) is 3.16. The Bertz CT molecular complexity index is 487. The number of primary amides is 1. The molecule has 0 aliphatic heterocycles. The van der Waals surface area contributed by atoms with Crippen molar-refractivity contribution < 1.29 is 4.79 Å². The molecule has 0 atom stereocenters. The number of hydrogen-bond acceptors (Lipinski definition) is 4. The second-order valence-corrected chi connectivity index (χ2v) is 3.08. The van der Waals surface area contributed by atoms with Gasteiger partial charge in [0.2, 0.25) is 0 Å². The molecule has 0 aliphatic rings. The fraction of sp³-hybridized carbons (Fsp3) is 0.111. The Morgan fingerprint density at radius 2 is 2.20 bits per heavy atom. The molecule has 3 N–H and O–H groups in total. The van der Waals surface area contributed by atoms with Crippen LogP contribution in [0, 0.1) is 6.92 Å². The van der Waals surface area contributed by atoms with Crippen LogP contribution in [0.15, 0.2) is 18.3 Å². The molecule has 6 heteroatoms. The van der Waals surface area contributed by atoms with E-state index >= 15 is 0 Å². The number of nitrogens with two attached hydrogens (primary N) is 1. The first-order valence-electron chi connectivity index (χ1n) is 4.32. The van der Waals surface area contributed by atoms with Gasteiger partial charge in [-0.15, -0.1) is 10.2 Å². The van der Waals surface area contributed by atoms with E-state index in [4.69, 9.17) is 5.73 Å². The third kappa shape index (κ3) is 1.83. The van der Waals surface area contributed by atoms with E-state index in [1.807, 2.05) is 6.92 Å². The van der Waals surface area contributed by atoms with Gasteiger partial charge in [-0.1, -0.05) is 0 Å². The molecule has 6 nitrogen and oxygen atoms in total. The minimum Gasteiger partial charge on any atom is -0.364 e. The first kappa shape index (κ1) is 9.32. The minimum absolute atomic E-state index is 0.141. The lowest BCUT2D eigenvalue weighted by atomic mass is 10.3. The average Bonchev–Trinajstić information content (AvgIpc) is 2.65. The predicted octanol–water partition coefficient (Wildman–Crippen LogP) is 0.274. The summed E-state index contributed by atoms with van der Waals surface area (Å²) >= 11 is 0. The highest BCUT2D eigenvalue weighted by Crippen LogP contribution is 2.11. The second kappa shape index (κ2) is 3.49. The van der Waals surface area contributed by atoms with Crippen LogP contribution < -0.4 is 5.73 Å². The van der Waals surface area contributed by atoms with Gasteiger partial charge in [-0.3, -0.25) is 4.79 Å². The van der Waals surface area contributed by atoms with Crippen molar-refractivity contribution in [2.45, 2.75) is 6.92 Å². The van der Waals surface area contributed by atoms with Crippen LogP contribution >= 0.6 is 0 Å². The Labute approximate surface area is 85.6 Å². The number of rotatable bonds is 2. The lowest BCUT2D eigenvalue weighted by molar-refractivity contribution is 0.0994. The number of aryl methyl sites for hydroxylation is 1. The highest BCUT2D eigenvalue weighted by Gasteiger charge is 2.06. The van der Waals surface area contributed by atoms with Crippen molar-refractivity contribution in [2.75, 3.05) is 0 Å². The number of aromatic nitrogens is 4. The van der Waals surface area contributed by atoms with Crippen LogP contribution in [-0.4, -0.2) is 26.1 Å². The summed E-state index contributed by atoms with van der Waals surface area (Å²) in [5.74, 6) is 0.0284. The molecule has 0 unspecified atom stereocenters. The molecule has 2 aromatic heterocycles. The van der Waals surface area contributed by atoms with Crippen LogP contribution in [0.5, 0.6) is 0 Å². The van der Waals surface area contributed by atoms with Crippen LogP contribution in [0.25, 0.3) is 11.5 Å². The number of nitrogens with zero attached hydrogens (tertiary/aromatic N) is 3. The third-order valence-electron chi connectivity index (χ3n) is 1.86. The van der Waals surface area contributed by atoms with Crippen molar-refractivity contribution in [3.05, 3.63) is 29.7 Å². The molecule has 0 bridgehead atoms. The molecule has 0 spiro atoms. The van der Waals surface area contributed by atoms with Crippen molar-refractivity contribution in [1.82, 2.24) is 20.2 Å². The zero-order valence-corrected chi connectivity index (χ0v) is 8.06. The highest BCUT2D eigenvalue weighted by atomic mass is 16.1. The van der Waals surface area contributed by atoms with E-state index in [1.165, 1.54) is 6.07 Å². The predicted molar refractivity (Wildman–Crippen MR) is 52.9 cm³/mol. The summed E-state index contributed by atoms with van der Waals surface area (Å²) in [5.41, 5.74) is 6.70. The maximum absolute atomic E-state index is 10.7. The van der Waals surface area contributed by atoms with Gasteiger partial charge in [0.25, 0.3) is 5.91 Å². The monoisotopic (exact) mass is 203 g/mol. The van der Waals surface area contributed by atoms with Crippen molar-refractivity contribution in [3.8, 4) is 11.5 Å². The van der Waals surface area contributed by atoms with E-state index < -0.39 is 5.91 Å². The summed E-state index contributed by atoms with van der Waals surface area (Å²) < 4.78 is 0. The molecule has 0 aromatic carbocycles. The Morgan fingerprint density at radius 1 is 1.40 bits per heavy atom. The fourth-order valence-electron chi connectivity index (χ4n) is 1.13. The van der Waals surface area contributed by atoms with E-state index in [0.717, 1.165) is 5.69 Å². The SMILES string of the molecule is Cc1cnc(-c2ccc(C(N)=O)nn2)[nH]1. The Hall–Kier alpha value is -2.24. The van der Waals surface area contributed by atoms with Crippen molar-refractivity contribution in [1.29, 1.82) is 0 Å². The topological polar surface area (TPSA) is 97.6 Å². The summed E-state index contributed by atoms with van der Waals surface area (Å²) in [6.45, 7) is 1.89. The maximum Gasteiger partial charge on any atom is 0.269 e. The molecule has 0 fully saturated rings. The average molecular weight is 203 g/mol. The molecule has 2 rings (SSSR count). The standard InChI is InChI=1S/C9H9N5O/c1-5-4-11-9(12-5)7-3-2-6(8(10)15)13-14-7/h2-4H,1H3,(H2,10,15)(H,11,12). The number of carbonyl (C=O) groups is 1. The van der Waals surface area contributed by atoms with Crippen LogP contribution in [0.2, 0.25) is 0 Å². The third-order valence-corrected chi connectivity index (χ3v) is 1.86. The number of H-pyrrole nitrogens is 1. The Morgan fingerprint density at radius 3 is 2.67 bits per heavy atom. The molecule has 15 heavy (non-hydrogen) atoms. The normalized spacial score (nSPS) is 10.2. The van der Waals surface area contributed by atoms with Gasteiger partial charge in [0, 0.05) is 11.9 Å². The van der Waals surface area contributed by atoms with Gasteiger partial charge in [-0.2, -0.15) is 0 Å². The van der Waals surface area contributed by atoms with Crippen molar-refractivity contribution in [3.63, 3.8) is 0 Å². The largest absolute Gasteiger partial charge is 0.364 e. The molecule has 2 aromatic rings. The van der Waals surface area contributed by atoms with Crippen LogP contribution in [0.3, 0.4) is 0 Å². The van der Waals surface area contributed by atoms with E-state index in [-0.39, 0.29) is 5.69 Å². The van der Waals surface area contributed by atoms with Gasteiger partial charge in [-0.25, -0.2) is 4.98 Å². The Balaban J connectivity index is 2.35. The number of hydrogen-bond donors (Lipinski definition) is 2. The quantitative estimate of drug-likeness (QED) is 0.732. The molecular formula is C9H9N5O. The molecule has 76 valence electrons. The number of carbonyl (C=O) groups excluding carboxylic acids is 1. The molecule has 0 radical (unpaired) electrons. The molecule has 0 saturated carbocycles. The van der Waals surface area contributed by atoms with Crippen LogP contribution in [0.4, 0.5) is 0 Å². The Kier molecular flexibility index (Phi) is 2.17. The van der Waals surface area contributed by atoms with Gasteiger partial charge in [0.1, 0.15) is 5.69 Å². The highest BCUT2D eigenvalue weighted by molar-refractivity contribution is 5.90. The van der Waals surface area contributed by atoms with E-state index in [9.17, 15) is 4.79 Å². The van der Waals surface area contributed by atoms with Crippen LogP contribution in [-0.2, 0) is 0 Å². The number of imidazole rings is 1. The van der Waals surface area contributed by atoms with Gasteiger partial charge < -0.3 is 10.7 Å². The second-order valence-electron chi connectivity index (χ2n) is 3.08. The lowest BCUT2D eigenvalue weighted by Crippen LogP contribution is -2.13. The molecule has 2 heterocycles. The fourth-order valence-corrected chi connectivity index (χ4v) is 1.13. The van der Waals surface area contributed by atoms with Gasteiger partial charge in [-0.05, 0) is 19.1 Å². The number of aromatic amines is 1. The first-order valence-corrected chi connectivity index (χ1v) is 4.32. The summed E-state index contributed by atoms with van der Waals surface area (Å²) in [7, 11) is 0. The van der Waals surface area contributed by atoms with Gasteiger partial charge >= 0.3 is 0 Å². The van der Waals surface area contributed by atoms with Gasteiger partial charge in [0.05, 0.1) is 0 Å². The molecule has 1 amide bonds. The van der Waals surface area contributed by atoms with Crippen LogP contribution in [0.1, 0.15) is 16.2 Å². The summed E-state index contributed by atoms with van der Waals surface area (Å²) in [5, 5.41) is 7.52. The van der Waals surface area contributed by atoms with E-state index in [2.05, 4.69) is 20.2 Å².